The van der Waals surface area contributed by atoms with Crippen molar-refractivity contribution in [3.8, 4) is 0 Å². The van der Waals surface area contributed by atoms with Gasteiger partial charge in [-0.05, 0) is 37.1 Å². The second kappa shape index (κ2) is 5.55. The molecule has 1 aromatic rings. The van der Waals surface area contributed by atoms with E-state index in [2.05, 4.69) is 75.7 Å². The number of hydrogen-bond acceptors (Lipinski definition) is 1. The molecule has 1 heteroatoms. The molecule has 1 nitrogen and oxygen atoms in total. The molecule has 0 bridgehead atoms. The Bertz CT molecular complexity index is 647. The Hall–Kier alpha value is -1.60. The van der Waals surface area contributed by atoms with E-state index in [1.165, 1.54) is 23.2 Å². The standard InChI is InChI=1S/C21H27N/c1-15(2)17-6-8-18(9-7-17)19-10-12-21(4)14-22(5)13-11-20(21)16(19)3/h6-11,16H,1,12-14H2,2-5H3. The predicted octanol–water partition coefficient (Wildman–Crippen LogP) is 5.02. The number of benzene rings is 1. The maximum absolute atomic E-state index is 4.02. The van der Waals surface area contributed by atoms with E-state index in [4.69, 9.17) is 0 Å². The largest absolute Gasteiger partial charge is 0.302 e. The highest BCUT2D eigenvalue weighted by molar-refractivity contribution is 5.73. The van der Waals surface area contributed by atoms with Gasteiger partial charge < -0.3 is 4.90 Å². The SMILES string of the molecule is C=C(C)c1ccc(C2=CCC3(C)CN(C)CC=C3C2C)cc1. The molecule has 2 unspecified atom stereocenters. The van der Waals surface area contributed by atoms with Gasteiger partial charge in [-0.2, -0.15) is 0 Å². The van der Waals surface area contributed by atoms with Crippen LogP contribution in [0.2, 0.25) is 0 Å². The fourth-order valence-electron chi connectivity index (χ4n) is 4.13. The number of hydrogen-bond donors (Lipinski definition) is 0. The summed E-state index contributed by atoms with van der Waals surface area (Å²) in [4.78, 5) is 2.43. The van der Waals surface area contributed by atoms with Crippen LogP contribution in [-0.4, -0.2) is 25.0 Å². The highest BCUT2D eigenvalue weighted by Gasteiger charge is 2.38. The Kier molecular flexibility index (Phi) is 3.86. The third-order valence-corrected chi connectivity index (χ3v) is 5.36. The highest BCUT2D eigenvalue weighted by atomic mass is 15.1. The summed E-state index contributed by atoms with van der Waals surface area (Å²) in [6, 6.07) is 8.90. The van der Waals surface area contributed by atoms with Crippen LogP contribution in [0.4, 0.5) is 0 Å². The molecule has 0 radical (unpaired) electrons. The van der Waals surface area contributed by atoms with Crippen LogP contribution in [0.3, 0.4) is 0 Å². The Morgan fingerprint density at radius 3 is 2.55 bits per heavy atom. The Labute approximate surface area is 135 Å². The first-order valence-corrected chi connectivity index (χ1v) is 8.26. The Morgan fingerprint density at radius 2 is 1.91 bits per heavy atom. The minimum Gasteiger partial charge on any atom is -0.302 e. The molecule has 1 heterocycles. The number of nitrogens with zero attached hydrogens (tertiary/aromatic N) is 1. The summed E-state index contributed by atoms with van der Waals surface area (Å²) in [5.74, 6) is 0.517. The molecule has 0 amide bonds. The summed E-state index contributed by atoms with van der Waals surface area (Å²) in [5.41, 5.74) is 7.15. The van der Waals surface area contributed by atoms with Crippen molar-refractivity contribution in [3.63, 3.8) is 0 Å². The van der Waals surface area contributed by atoms with Gasteiger partial charge in [-0.15, -0.1) is 0 Å². The molecule has 1 aliphatic carbocycles. The first-order chi connectivity index (χ1) is 10.4. The summed E-state index contributed by atoms with van der Waals surface area (Å²) in [6.45, 7) is 13.1. The van der Waals surface area contributed by atoms with Crippen LogP contribution >= 0.6 is 0 Å². The van der Waals surface area contributed by atoms with Gasteiger partial charge in [0.15, 0.2) is 0 Å². The first-order valence-electron chi connectivity index (χ1n) is 8.26. The molecule has 3 rings (SSSR count). The van der Waals surface area contributed by atoms with E-state index in [-0.39, 0.29) is 0 Å². The number of likely N-dealkylation sites (N-methyl/N-ethyl adjacent to an activating group) is 1. The van der Waals surface area contributed by atoms with Gasteiger partial charge in [0.1, 0.15) is 0 Å². The van der Waals surface area contributed by atoms with E-state index in [0.29, 0.717) is 11.3 Å². The van der Waals surface area contributed by atoms with Gasteiger partial charge in [0.05, 0.1) is 0 Å². The molecule has 2 aliphatic rings. The van der Waals surface area contributed by atoms with Crippen molar-refractivity contribution in [2.75, 3.05) is 20.1 Å². The molecular weight excluding hydrogens is 266 g/mol. The Balaban J connectivity index is 1.93. The van der Waals surface area contributed by atoms with Crippen molar-refractivity contribution < 1.29 is 0 Å². The number of allylic oxidation sites excluding steroid dienone is 3. The Morgan fingerprint density at radius 1 is 1.23 bits per heavy atom. The zero-order valence-corrected chi connectivity index (χ0v) is 14.3. The van der Waals surface area contributed by atoms with E-state index in [1.54, 1.807) is 5.57 Å². The zero-order chi connectivity index (χ0) is 15.9. The number of rotatable bonds is 2. The monoisotopic (exact) mass is 293 g/mol. The van der Waals surface area contributed by atoms with Gasteiger partial charge in [0.25, 0.3) is 0 Å². The van der Waals surface area contributed by atoms with Crippen LogP contribution in [0.1, 0.15) is 38.3 Å². The molecule has 0 saturated heterocycles. The van der Waals surface area contributed by atoms with Gasteiger partial charge in [0, 0.05) is 24.4 Å². The molecule has 0 saturated carbocycles. The van der Waals surface area contributed by atoms with Crippen molar-refractivity contribution in [1.82, 2.24) is 4.90 Å². The van der Waals surface area contributed by atoms with Gasteiger partial charge >= 0.3 is 0 Å². The van der Waals surface area contributed by atoms with E-state index in [9.17, 15) is 0 Å². The summed E-state index contributed by atoms with van der Waals surface area (Å²) < 4.78 is 0. The first kappa shape index (κ1) is 15.3. The van der Waals surface area contributed by atoms with E-state index < -0.39 is 0 Å². The third kappa shape index (κ3) is 2.59. The van der Waals surface area contributed by atoms with Gasteiger partial charge in [-0.25, -0.2) is 0 Å². The van der Waals surface area contributed by atoms with Gasteiger partial charge in [0.2, 0.25) is 0 Å². The highest BCUT2D eigenvalue weighted by Crippen LogP contribution is 2.48. The zero-order valence-electron chi connectivity index (χ0n) is 14.3. The van der Waals surface area contributed by atoms with Crippen LogP contribution in [0.15, 0.2) is 48.6 Å². The molecule has 0 fully saturated rings. The smallest absolute Gasteiger partial charge is 0.0163 e. The molecule has 116 valence electrons. The van der Waals surface area contributed by atoms with Crippen molar-refractivity contribution in [2.45, 2.75) is 27.2 Å². The van der Waals surface area contributed by atoms with Crippen molar-refractivity contribution >= 4 is 11.1 Å². The third-order valence-electron chi connectivity index (χ3n) is 5.36. The fraction of sp³-hybridized carbons (Fsp3) is 0.429. The van der Waals surface area contributed by atoms with E-state index in [1.807, 2.05) is 0 Å². The molecule has 22 heavy (non-hydrogen) atoms. The van der Waals surface area contributed by atoms with Crippen molar-refractivity contribution in [3.05, 3.63) is 59.7 Å². The lowest BCUT2D eigenvalue weighted by molar-refractivity contribution is 0.209. The maximum atomic E-state index is 4.02. The molecule has 0 spiro atoms. The maximum Gasteiger partial charge on any atom is 0.0163 e. The van der Waals surface area contributed by atoms with Crippen LogP contribution in [0.25, 0.3) is 11.1 Å². The summed E-state index contributed by atoms with van der Waals surface area (Å²) >= 11 is 0. The predicted molar refractivity (Wildman–Crippen MR) is 96.6 cm³/mol. The van der Waals surface area contributed by atoms with Crippen molar-refractivity contribution in [2.24, 2.45) is 11.3 Å². The molecular formula is C21H27N. The molecule has 1 aromatic carbocycles. The quantitative estimate of drug-likeness (QED) is 0.692. The summed E-state index contributed by atoms with van der Waals surface area (Å²) in [5, 5.41) is 0. The molecule has 0 aromatic heterocycles. The average Bonchev–Trinajstić information content (AvgIpc) is 2.47. The molecule has 1 aliphatic heterocycles. The van der Waals surface area contributed by atoms with Crippen LogP contribution in [0.5, 0.6) is 0 Å². The van der Waals surface area contributed by atoms with Crippen LogP contribution in [-0.2, 0) is 0 Å². The molecule has 0 N–H and O–H groups in total. The second-order valence-electron chi connectivity index (χ2n) is 7.36. The average molecular weight is 293 g/mol. The molecule has 2 atom stereocenters. The second-order valence-corrected chi connectivity index (χ2v) is 7.36. The van der Waals surface area contributed by atoms with Crippen LogP contribution in [0, 0.1) is 11.3 Å². The normalized spacial score (nSPS) is 28.6. The summed E-state index contributed by atoms with van der Waals surface area (Å²) in [6.07, 6.45) is 6.07. The van der Waals surface area contributed by atoms with Gasteiger partial charge in [-0.3, -0.25) is 0 Å². The van der Waals surface area contributed by atoms with E-state index >= 15 is 0 Å². The lowest BCUT2D eigenvalue weighted by Gasteiger charge is -2.45. The minimum absolute atomic E-state index is 0.313. The summed E-state index contributed by atoms with van der Waals surface area (Å²) in [7, 11) is 2.22. The number of fused-ring (bicyclic) bond motifs is 1. The van der Waals surface area contributed by atoms with Crippen molar-refractivity contribution in [1.29, 1.82) is 0 Å². The topological polar surface area (TPSA) is 3.24 Å². The lowest BCUT2D eigenvalue weighted by atomic mass is 9.65. The lowest BCUT2D eigenvalue weighted by Crippen LogP contribution is -2.42. The van der Waals surface area contributed by atoms with E-state index in [0.717, 1.165) is 18.5 Å². The van der Waals surface area contributed by atoms with Gasteiger partial charge in [-0.1, -0.05) is 68.0 Å². The minimum atomic E-state index is 0.313. The van der Waals surface area contributed by atoms with Crippen LogP contribution < -0.4 is 0 Å². The fourth-order valence-corrected chi connectivity index (χ4v) is 4.13.